The van der Waals surface area contributed by atoms with Crippen molar-refractivity contribution < 1.29 is 24.5 Å². The molecule has 1 aliphatic heterocycles. The molecule has 1 amide bonds. The third-order valence-electron chi connectivity index (χ3n) is 3.34. The molecule has 6 nitrogen and oxygen atoms in total. The zero-order valence-electron chi connectivity index (χ0n) is 11.2. The topological polar surface area (TPSA) is 87.1 Å². The third-order valence-corrected chi connectivity index (χ3v) is 3.34. The number of ether oxygens (including phenoxy) is 1. The van der Waals surface area contributed by atoms with Crippen molar-refractivity contribution >= 4 is 11.9 Å². The van der Waals surface area contributed by atoms with Gasteiger partial charge in [-0.15, -0.1) is 0 Å². The van der Waals surface area contributed by atoms with E-state index in [1.807, 2.05) is 0 Å². The van der Waals surface area contributed by atoms with Crippen LogP contribution in [0, 0.1) is 0 Å². The number of hydrogen-bond acceptors (Lipinski definition) is 4. The van der Waals surface area contributed by atoms with Crippen molar-refractivity contribution in [1.29, 1.82) is 0 Å². The molecule has 108 valence electrons. The van der Waals surface area contributed by atoms with Crippen molar-refractivity contribution in [2.45, 2.75) is 25.2 Å². The number of carbonyl (C=O) groups excluding carboxylic acids is 1. The summed E-state index contributed by atoms with van der Waals surface area (Å²) in [5.74, 6) is -1.47. The number of aliphatic carboxylic acids is 1. The first-order valence-electron chi connectivity index (χ1n) is 6.32. The molecule has 6 heteroatoms. The van der Waals surface area contributed by atoms with Crippen molar-refractivity contribution in [1.82, 2.24) is 4.90 Å². The molecule has 2 N–H and O–H groups in total. The Kier molecular flexibility index (Phi) is 4.36. The second-order valence-corrected chi connectivity index (χ2v) is 4.83. The summed E-state index contributed by atoms with van der Waals surface area (Å²) in [6.07, 6.45) is -0.712. The number of methoxy groups -OCH3 is 1. The average molecular weight is 279 g/mol. The molecular weight excluding hydrogens is 262 g/mol. The van der Waals surface area contributed by atoms with Crippen LogP contribution in [0.2, 0.25) is 0 Å². The summed E-state index contributed by atoms with van der Waals surface area (Å²) in [6.45, 7) is 0.504. The molecule has 1 aliphatic rings. The van der Waals surface area contributed by atoms with E-state index in [0.717, 1.165) is 5.56 Å². The molecule has 0 bridgehead atoms. The summed E-state index contributed by atoms with van der Waals surface area (Å²) in [5.41, 5.74) is 1.34. The molecule has 1 aromatic rings. The largest absolute Gasteiger partial charge is 0.480 e. The second-order valence-electron chi connectivity index (χ2n) is 4.83. The Morgan fingerprint density at radius 2 is 2.00 bits per heavy atom. The highest BCUT2D eigenvalue weighted by molar-refractivity contribution is 5.97. The van der Waals surface area contributed by atoms with Crippen LogP contribution in [0.3, 0.4) is 0 Å². The monoisotopic (exact) mass is 279 g/mol. The second kappa shape index (κ2) is 6.02. The Hall–Kier alpha value is -1.92. The van der Waals surface area contributed by atoms with Crippen LogP contribution in [0.5, 0.6) is 0 Å². The first kappa shape index (κ1) is 14.5. The van der Waals surface area contributed by atoms with E-state index in [4.69, 9.17) is 9.84 Å². The minimum atomic E-state index is -1.09. The van der Waals surface area contributed by atoms with Gasteiger partial charge in [0.15, 0.2) is 0 Å². The molecule has 0 aromatic heterocycles. The number of rotatable bonds is 4. The predicted octanol–water partition coefficient (Wildman–Crippen LogP) is 0.493. The number of hydrogen-bond donors (Lipinski definition) is 2. The third kappa shape index (κ3) is 2.97. The highest BCUT2D eigenvalue weighted by Gasteiger charge is 2.39. The van der Waals surface area contributed by atoms with Crippen LogP contribution >= 0.6 is 0 Å². The van der Waals surface area contributed by atoms with Gasteiger partial charge in [0.1, 0.15) is 6.04 Å². The van der Waals surface area contributed by atoms with Crippen molar-refractivity contribution in [3.63, 3.8) is 0 Å². The molecule has 0 aliphatic carbocycles. The van der Waals surface area contributed by atoms with Crippen molar-refractivity contribution in [2.24, 2.45) is 0 Å². The number of likely N-dealkylation sites (tertiary alicyclic amines) is 1. The normalized spacial score (nSPS) is 22.0. The van der Waals surface area contributed by atoms with Gasteiger partial charge >= 0.3 is 5.97 Å². The number of carboxylic acid groups (broad SMARTS) is 1. The van der Waals surface area contributed by atoms with Crippen LogP contribution in [0.1, 0.15) is 22.3 Å². The Balaban J connectivity index is 2.15. The van der Waals surface area contributed by atoms with E-state index in [1.54, 1.807) is 31.4 Å². The number of carboxylic acids is 1. The summed E-state index contributed by atoms with van der Waals surface area (Å²) >= 11 is 0. The molecule has 0 radical (unpaired) electrons. The van der Waals surface area contributed by atoms with E-state index in [2.05, 4.69) is 0 Å². The Labute approximate surface area is 116 Å². The van der Waals surface area contributed by atoms with E-state index in [-0.39, 0.29) is 18.9 Å². The minimum absolute atomic E-state index is 0.0512. The fourth-order valence-electron chi connectivity index (χ4n) is 2.35. The number of amides is 1. The van der Waals surface area contributed by atoms with Crippen LogP contribution in [0.4, 0.5) is 0 Å². The van der Waals surface area contributed by atoms with E-state index < -0.39 is 18.1 Å². The number of carbonyl (C=O) groups is 2. The SMILES string of the molecule is COCc1ccc(C(=O)N2C[C@H](O)C[C@@H]2C(=O)O)cc1. The van der Waals surface area contributed by atoms with Gasteiger partial charge in [-0.25, -0.2) is 4.79 Å². The van der Waals surface area contributed by atoms with Crippen molar-refractivity contribution in [3.05, 3.63) is 35.4 Å². The summed E-state index contributed by atoms with van der Waals surface area (Å²) < 4.78 is 4.98. The zero-order valence-corrected chi connectivity index (χ0v) is 11.2. The Morgan fingerprint density at radius 1 is 1.35 bits per heavy atom. The van der Waals surface area contributed by atoms with E-state index >= 15 is 0 Å². The molecule has 1 aromatic carbocycles. The van der Waals surface area contributed by atoms with Gasteiger partial charge in [-0.1, -0.05) is 12.1 Å². The lowest BCUT2D eigenvalue weighted by molar-refractivity contribution is -0.141. The van der Waals surface area contributed by atoms with Crippen LogP contribution in [0.25, 0.3) is 0 Å². The van der Waals surface area contributed by atoms with Crippen LogP contribution in [-0.4, -0.2) is 52.8 Å². The smallest absolute Gasteiger partial charge is 0.326 e. The Bertz CT molecular complexity index is 499. The molecule has 0 saturated carbocycles. The number of aliphatic hydroxyl groups is 1. The standard InChI is InChI=1S/C14H17NO5/c1-20-8-9-2-4-10(5-3-9)13(17)15-7-11(16)6-12(15)14(18)19/h2-5,11-12,16H,6-8H2,1H3,(H,18,19)/t11-,12-/m1/s1. The quantitative estimate of drug-likeness (QED) is 0.837. The lowest BCUT2D eigenvalue weighted by Crippen LogP contribution is -2.40. The molecule has 1 saturated heterocycles. The van der Waals surface area contributed by atoms with E-state index in [1.165, 1.54) is 4.90 Å². The van der Waals surface area contributed by atoms with Gasteiger partial charge in [0.05, 0.1) is 12.7 Å². The number of benzene rings is 1. The van der Waals surface area contributed by atoms with E-state index in [0.29, 0.717) is 12.2 Å². The molecule has 1 fully saturated rings. The van der Waals surface area contributed by atoms with Gasteiger partial charge in [0, 0.05) is 25.6 Å². The van der Waals surface area contributed by atoms with Crippen LogP contribution in [0.15, 0.2) is 24.3 Å². The van der Waals surface area contributed by atoms with Gasteiger partial charge in [-0.3, -0.25) is 4.79 Å². The highest BCUT2D eigenvalue weighted by atomic mass is 16.5. The van der Waals surface area contributed by atoms with Crippen LogP contribution < -0.4 is 0 Å². The number of nitrogens with zero attached hydrogens (tertiary/aromatic N) is 1. The first-order valence-corrected chi connectivity index (χ1v) is 6.32. The summed E-state index contributed by atoms with van der Waals surface area (Å²) in [5, 5.41) is 18.6. The summed E-state index contributed by atoms with van der Waals surface area (Å²) in [6, 6.07) is 5.84. The van der Waals surface area contributed by atoms with Gasteiger partial charge in [0.2, 0.25) is 0 Å². The zero-order chi connectivity index (χ0) is 14.7. The van der Waals surface area contributed by atoms with Gasteiger partial charge in [-0.2, -0.15) is 0 Å². The van der Waals surface area contributed by atoms with Crippen LogP contribution in [-0.2, 0) is 16.1 Å². The predicted molar refractivity (Wildman–Crippen MR) is 70.2 cm³/mol. The number of aliphatic hydroxyl groups excluding tert-OH is 1. The molecular formula is C14H17NO5. The van der Waals surface area contributed by atoms with Crippen molar-refractivity contribution in [3.8, 4) is 0 Å². The molecule has 20 heavy (non-hydrogen) atoms. The van der Waals surface area contributed by atoms with Gasteiger partial charge < -0.3 is 19.8 Å². The fourth-order valence-corrected chi connectivity index (χ4v) is 2.35. The fraction of sp³-hybridized carbons (Fsp3) is 0.429. The average Bonchev–Trinajstić information content (AvgIpc) is 2.81. The molecule has 2 rings (SSSR count). The maximum Gasteiger partial charge on any atom is 0.326 e. The summed E-state index contributed by atoms with van der Waals surface area (Å²) in [4.78, 5) is 24.6. The Morgan fingerprint density at radius 3 is 2.55 bits per heavy atom. The van der Waals surface area contributed by atoms with Gasteiger partial charge in [-0.05, 0) is 17.7 Å². The van der Waals surface area contributed by atoms with Crippen molar-refractivity contribution in [2.75, 3.05) is 13.7 Å². The molecule has 0 spiro atoms. The highest BCUT2D eigenvalue weighted by Crippen LogP contribution is 2.21. The van der Waals surface area contributed by atoms with E-state index in [9.17, 15) is 14.7 Å². The maximum absolute atomic E-state index is 12.3. The summed E-state index contributed by atoms with van der Waals surface area (Å²) in [7, 11) is 1.59. The maximum atomic E-state index is 12.3. The first-order chi connectivity index (χ1) is 9.52. The molecule has 1 heterocycles. The van der Waals surface area contributed by atoms with Gasteiger partial charge in [0.25, 0.3) is 5.91 Å². The minimum Gasteiger partial charge on any atom is -0.480 e. The molecule has 2 atom stereocenters. The number of β-amino-alcohol motifs (C(OH)–C–C–N with tert-alkyl or cyclic N) is 1. The lowest BCUT2D eigenvalue weighted by atomic mass is 10.1. The molecule has 0 unspecified atom stereocenters. The lowest BCUT2D eigenvalue weighted by Gasteiger charge is -2.21.